The first kappa shape index (κ1) is 16.0. The molecular weight excluding hydrogens is 331 g/mol. The van der Waals surface area contributed by atoms with E-state index in [2.05, 4.69) is 40.7 Å². The van der Waals surface area contributed by atoms with E-state index in [1.807, 2.05) is 30.3 Å². The number of benzene rings is 2. The minimum absolute atomic E-state index is 0.231. The third kappa shape index (κ3) is 4.55. The molecule has 21 heavy (non-hydrogen) atoms. The van der Waals surface area contributed by atoms with Crippen LogP contribution in [0.2, 0.25) is 0 Å². The molecule has 2 rings (SSSR count). The number of nitrogens with zero attached hydrogens (tertiary/aromatic N) is 1. The van der Waals surface area contributed by atoms with Crippen LogP contribution in [-0.4, -0.2) is 10.9 Å². The fourth-order valence-electron chi connectivity index (χ4n) is 2.22. The van der Waals surface area contributed by atoms with Crippen LogP contribution in [0, 0.1) is 5.82 Å². The van der Waals surface area contributed by atoms with Gasteiger partial charge in [-0.1, -0.05) is 18.2 Å². The summed E-state index contributed by atoms with van der Waals surface area (Å²) in [6.07, 6.45) is 0. The quantitative estimate of drug-likeness (QED) is 0.799. The van der Waals surface area contributed by atoms with Crippen LogP contribution in [0.3, 0.4) is 0 Å². The topological polar surface area (TPSA) is 29.3 Å². The number of nitrogens with two attached hydrogens (primary N) is 1. The van der Waals surface area contributed by atoms with Gasteiger partial charge in [0, 0.05) is 24.8 Å². The van der Waals surface area contributed by atoms with Gasteiger partial charge in [-0.2, -0.15) is 0 Å². The van der Waals surface area contributed by atoms with Gasteiger partial charge in [0.25, 0.3) is 0 Å². The van der Waals surface area contributed by atoms with E-state index in [1.54, 1.807) is 0 Å². The van der Waals surface area contributed by atoms with E-state index in [4.69, 9.17) is 5.73 Å². The Labute approximate surface area is 133 Å². The minimum Gasteiger partial charge on any atom is -0.399 e. The molecule has 0 spiro atoms. The SMILES string of the molecule is CC(C)N(Cc1cccc(N)c1)Cc1ccc(F)c(Br)c1. The van der Waals surface area contributed by atoms with Gasteiger partial charge in [0.1, 0.15) is 5.82 Å². The lowest BCUT2D eigenvalue weighted by atomic mass is 10.1. The Morgan fingerprint density at radius 1 is 1.10 bits per heavy atom. The van der Waals surface area contributed by atoms with E-state index < -0.39 is 0 Å². The van der Waals surface area contributed by atoms with Crippen LogP contribution in [-0.2, 0) is 13.1 Å². The maximum Gasteiger partial charge on any atom is 0.137 e. The highest BCUT2D eigenvalue weighted by Gasteiger charge is 2.12. The maximum atomic E-state index is 13.3. The van der Waals surface area contributed by atoms with Gasteiger partial charge in [0.05, 0.1) is 4.47 Å². The molecule has 0 aromatic heterocycles. The molecule has 0 unspecified atom stereocenters. The molecule has 0 saturated carbocycles. The van der Waals surface area contributed by atoms with Crippen LogP contribution in [0.15, 0.2) is 46.9 Å². The predicted octanol–water partition coefficient (Wildman–Crippen LogP) is 4.58. The van der Waals surface area contributed by atoms with Crippen molar-refractivity contribution in [3.63, 3.8) is 0 Å². The van der Waals surface area contributed by atoms with Crippen molar-refractivity contribution in [1.82, 2.24) is 4.90 Å². The first-order valence-electron chi connectivity index (χ1n) is 6.98. The van der Waals surface area contributed by atoms with Gasteiger partial charge in [-0.15, -0.1) is 0 Å². The Balaban J connectivity index is 2.13. The highest BCUT2D eigenvalue weighted by molar-refractivity contribution is 9.10. The fraction of sp³-hybridized carbons (Fsp3) is 0.294. The van der Waals surface area contributed by atoms with Crippen molar-refractivity contribution in [2.24, 2.45) is 0 Å². The van der Waals surface area contributed by atoms with Gasteiger partial charge in [-0.3, -0.25) is 4.90 Å². The smallest absolute Gasteiger partial charge is 0.137 e. The Morgan fingerprint density at radius 3 is 2.33 bits per heavy atom. The van der Waals surface area contributed by atoms with Gasteiger partial charge < -0.3 is 5.73 Å². The van der Waals surface area contributed by atoms with Crippen molar-refractivity contribution in [3.05, 3.63) is 63.9 Å². The Bertz CT molecular complexity index is 613. The Morgan fingerprint density at radius 2 is 1.76 bits per heavy atom. The first-order chi connectivity index (χ1) is 9.95. The molecule has 0 aliphatic heterocycles. The summed E-state index contributed by atoms with van der Waals surface area (Å²) in [5.41, 5.74) is 8.88. The minimum atomic E-state index is -0.231. The summed E-state index contributed by atoms with van der Waals surface area (Å²) < 4.78 is 13.8. The number of nitrogen functional groups attached to an aromatic ring is 1. The largest absolute Gasteiger partial charge is 0.399 e. The first-order valence-corrected chi connectivity index (χ1v) is 7.77. The van der Waals surface area contributed by atoms with E-state index in [9.17, 15) is 4.39 Å². The van der Waals surface area contributed by atoms with Crippen LogP contribution in [0.5, 0.6) is 0 Å². The van der Waals surface area contributed by atoms with Crippen LogP contribution in [0.1, 0.15) is 25.0 Å². The summed E-state index contributed by atoms with van der Waals surface area (Å²) in [6, 6.07) is 13.5. The second-order valence-corrected chi connectivity index (χ2v) is 6.35. The molecular formula is C17H20BrFN2. The Kier molecular flexibility index (Phi) is 5.37. The van der Waals surface area contributed by atoms with Gasteiger partial charge in [0.15, 0.2) is 0 Å². The van der Waals surface area contributed by atoms with Gasteiger partial charge in [0.2, 0.25) is 0 Å². The monoisotopic (exact) mass is 350 g/mol. The van der Waals surface area contributed by atoms with E-state index in [1.165, 1.54) is 11.6 Å². The molecule has 0 heterocycles. The molecule has 0 amide bonds. The van der Waals surface area contributed by atoms with Crippen molar-refractivity contribution < 1.29 is 4.39 Å². The number of halogens is 2. The Hall–Kier alpha value is -1.39. The molecule has 4 heteroatoms. The number of rotatable bonds is 5. The standard InChI is InChI=1S/C17H20BrFN2/c1-12(2)21(10-13-4-3-5-15(20)8-13)11-14-6-7-17(19)16(18)9-14/h3-9,12H,10-11,20H2,1-2H3. The molecule has 0 saturated heterocycles. The van der Waals surface area contributed by atoms with Gasteiger partial charge in [-0.05, 0) is 65.2 Å². The lowest BCUT2D eigenvalue weighted by Gasteiger charge is -2.27. The van der Waals surface area contributed by atoms with Crippen LogP contribution in [0.4, 0.5) is 10.1 Å². The molecule has 0 bridgehead atoms. The highest BCUT2D eigenvalue weighted by Crippen LogP contribution is 2.20. The van der Waals surface area contributed by atoms with Gasteiger partial charge >= 0.3 is 0 Å². The molecule has 2 N–H and O–H groups in total. The van der Waals surface area contributed by atoms with Crippen molar-refractivity contribution in [1.29, 1.82) is 0 Å². The zero-order valence-electron chi connectivity index (χ0n) is 12.3. The molecule has 2 aromatic carbocycles. The zero-order valence-corrected chi connectivity index (χ0v) is 13.9. The van der Waals surface area contributed by atoms with E-state index in [-0.39, 0.29) is 5.82 Å². The molecule has 112 valence electrons. The van der Waals surface area contributed by atoms with E-state index in [0.717, 1.165) is 24.3 Å². The van der Waals surface area contributed by atoms with E-state index in [0.29, 0.717) is 10.5 Å². The lowest BCUT2D eigenvalue weighted by Crippen LogP contribution is -2.29. The molecule has 0 radical (unpaired) electrons. The van der Waals surface area contributed by atoms with E-state index >= 15 is 0 Å². The molecule has 0 aliphatic rings. The third-order valence-corrected chi connectivity index (χ3v) is 4.04. The summed E-state index contributed by atoms with van der Waals surface area (Å²) in [6.45, 7) is 5.90. The van der Waals surface area contributed by atoms with Gasteiger partial charge in [-0.25, -0.2) is 4.39 Å². The molecule has 2 nitrogen and oxygen atoms in total. The second-order valence-electron chi connectivity index (χ2n) is 5.49. The molecule has 2 aromatic rings. The average Bonchev–Trinajstić information content (AvgIpc) is 2.42. The summed E-state index contributed by atoms with van der Waals surface area (Å²) >= 11 is 3.24. The summed E-state index contributed by atoms with van der Waals surface area (Å²) in [5, 5.41) is 0. The molecule has 0 aliphatic carbocycles. The zero-order chi connectivity index (χ0) is 15.4. The summed E-state index contributed by atoms with van der Waals surface area (Å²) in [4.78, 5) is 2.33. The number of hydrogen-bond donors (Lipinski definition) is 1. The van der Waals surface area contributed by atoms with Crippen molar-refractivity contribution >= 4 is 21.6 Å². The summed E-state index contributed by atoms with van der Waals surface area (Å²) in [5.74, 6) is -0.231. The normalized spacial score (nSPS) is 11.3. The van der Waals surface area contributed by atoms with Crippen molar-refractivity contribution in [3.8, 4) is 0 Å². The van der Waals surface area contributed by atoms with Crippen LogP contribution < -0.4 is 5.73 Å². The maximum absolute atomic E-state index is 13.3. The number of anilines is 1. The highest BCUT2D eigenvalue weighted by atomic mass is 79.9. The third-order valence-electron chi connectivity index (χ3n) is 3.44. The van der Waals surface area contributed by atoms with Crippen molar-refractivity contribution in [2.75, 3.05) is 5.73 Å². The average molecular weight is 351 g/mol. The molecule has 0 fully saturated rings. The van der Waals surface area contributed by atoms with Crippen LogP contribution in [0.25, 0.3) is 0 Å². The van der Waals surface area contributed by atoms with Crippen LogP contribution >= 0.6 is 15.9 Å². The molecule has 0 atom stereocenters. The number of hydrogen-bond acceptors (Lipinski definition) is 2. The second kappa shape index (κ2) is 7.05. The predicted molar refractivity (Wildman–Crippen MR) is 89.3 cm³/mol. The lowest BCUT2D eigenvalue weighted by molar-refractivity contribution is 0.203. The summed E-state index contributed by atoms with van der Waals surface area (Å²) in [7, 11) is 0. The fourth-order valence-corrected chi connectivity index (χ4v) is 2.65. The van der Waals surface area contributed by atoms with Crippen molar-refractivity contribution in [2.45, 2.75) is 33.0 Å².